The summed E-state index contributed by atoms with van der Waals surface area (Å²) in [6.45, 7) is 4.42. The number of nitriles is 1. The van der Waals surface area contributed by atoms with Crippen LogP contribution in [0.4, 0.5) is 10.7 Å². The second-order valence-electron chi connectivity index (χ2n) is 5.85. The van der Waals surface area contributed by atoms with Gasteiger partial charge in [-0.05, 0) is 31.6 Å². The van der Waals surface area contributed by atoms with Crippen molar-refractivity contribution in [2.45, 2.75) is 26.2 Å². The van der Waals surface area contributed by atoms with Gasteiger partial charge in [-0.25, -0.2) is 0 Å². The number of amides is 1. The molecule has 6 heteroatoms. The Morgan fingerprint density at radius 3 is 2.71 bits per heavy atom. The lowest BCUT2D eigenvalue weighted by Crippen LogP contribution is -2.22. The van der Waals surface area contributed by atoms with Crippen molar-refractivity contribution < 1.29 is 4.79 Å². The summed E-state index contributed by atoms with van der Waals surface area (Å²) in [6, 6.07) is 2.19. The number of anilines is 2. The lowest BCUT2D eigenvalue weighted by atomic mass is 10.0. The minimum absolute atomic E-state index is 0.179. The molecule has 1 aliphatic carbocycles. The van der Waals surface area contributed by atoms with Gasteiger partial charge < -0.3 is 16.0 Å². The van der Waals surface area contributed by atoms with E-state index in [-0.39, 0.29) is 5.91 Å². The minimum Gasteiger partial charge on any atom is -0.396 e. The largest absolute Gasteiger partial charge is 0.396 e. The second-order valence-corrected chi connectivity index (χ2v) is 6.85. The van der Waals surface area contributed by atoms with Crippen LogP contribution >= 0.6 is 11.3 Å². The van der Waals surface area contributed by atoms with E-state index in [1.807, 2.05) is 6.92 Å². The molecule has 1 saturated heterocycles. The first kappa shape index (κ1) is 14.2. The number of nitrogens with zero attached hydrogens (tertiary/aromatic N) is 2. The average Bonchev–Trinajstić information content (AvgIpc) is 3.10. The summed E-state index contributed by atoms with van der Waals surface area (Å²) in [5.41, 5.74) is 6.84. The van der Waals surface area contributed by atoms with Crippen LogP contribution in [0.5, 0.6) is 0 Å². The molecule has 1 amide bonds. The number of carbonyl (C=O) groups excluding carboxylic acids is 1. The molecule has 1 saturated carbocycles. The molecule has 2 heterocycles. The maximum Gasteiger partial charge on any atom is 0.263 e. The third kappa shape index (κ3) is 2.36. The molecule has 2 atom stereocenters. The molecular weight excluding hydrogens is 284 g/mol. The molecule has 21 heavy (non-hydrogen) atoms. The van der Waals surface area contributed by atoms with Crippen molar-refractivity contribution in [3.05, 3.63) is 10.4 Å². The number of hydrogen-bond acceptors (Lipinski definition) is 5. The fourth-order valence-corrected chi connectivity index (χ4v) is 4.68. The number of nitrogens with one attached hydrogen (secondary N) is 1. The highest BCUT2D eigenvalue weighted by Gasteiger charge is 2.38. The van der Waals surface area contributed by atoms with Gasteiger partial charge in [0.15, 0.2) is 0 Å². The zero-order valence-electron chi connectivity index (χ0n) is 12.2. The monoisotopic (exact) mass is 304 g/mol. The second kappa shape index (κ2) is 5.57. The predicted molar refractivity (Wildman–Crippen MR) is 84.5 cm³/mol. The Balaban J connectivity index is 1.90. The zero-order valence-corrected chi connectivity index (χ0v) is 13.0. The van der Waals surface area contributed by atoms with Crippen LogP contribution in [0, 0.1) is 23.2 Å². The van der Waals surface area contributed by atoms with E-state index in [1.165, 1.54) is 30.6 Å². The highest BCUT2D eigenvalue weighted by atomic mass is 32.1. The van der Waals surface area contributed by atoms with Gasteiger partial charge in [-0.3, -0.25) is 4.79 Å². The van der Waals surface area contributed by atoms with Gasteiger partial charge in [-0.1, -0.05) is 6.42 Å². The molecule has 1 aromatic heterocycles. The molecule has 2 aliphatic rings. The first-order valence-electron chi connectivity index (χ1n) is 7.51. The van der Waals surface area contributed by atoms with Crippen LogP contribution in [0.1, 0.15) is 41.4 Å². The van der Waals surface area contributed by atoms with Crippen molar-refractivity contribution in [1.29, 1.82) is 5.26 Å². The van der Waals surface area contributed by atoms with Gasteiger partial charge in [0.05, 0.1) is 5.69 Å². The highest BCUT2D eigenvalue weighted by molar-refractivity contribution is 7.19. The van der Waals surface area contributed by atoms with Crippen LogP contribution in [-0.4, -0.2) is 25.5 Å². The van der Waals surface area contributed by atoms with Gasteiger partial charge in [-0.15, -0.1) is 11.3 Å². The Morgan fingerprint density at radius 1 is 1.48 bits per heavy atom. The third-order valence-electron chi connectivity index (χ3n) is 4.60. The summed E-state index contributed by atoms with van der Waals surface area (Å²) in [6.07, 6.45) is 3.89. The number of nitrogen functional groups attached to an aromatic ring is 1. The number of carbonyl (C=O) groups is 1. The summed E-state index contributed by atoms with van der Waals surface area (Å²) in [5, 5.41) is 13.0. The molecule has 3 N–H and O–H groups in total. The smallest absolute Gasteiger partial charge is 0.263 e. The fraction of sp³-hybridized carbons (Fsp3) is 0.600. The van der Waals surface area contributed by atoms with E-state index in [0.29, 0.717) is 22.7 Å². The highest BCUT2D eigenvalue weighted by Crippen LogP contribution is 2.44. The van der Waals surface area contributed by atoms with Gasteiger partial charge in [0.25, 0.3) is 5.91 Å². The van der Waals surface area contributed by atoms with Crippen molar-refractivity contribution >= 4 is 27.9 Å². The van der Waals surface area contributed by atoms with Crippen LogP contribution in [0.2, 0.25) is 0 Å². The van der Waals surface area contributed by atoms with Gasteiger partial charge >= 0.3 is 0 Å². The molecule has 2 fully saturated rings. The Bertz CT molecular complexity index is 592. The summed E-state index contributed by atoms with van der Waals surface area (Å²) in [5.74, 6) is 1.31. The average molecular weight is 304 g/mol. The lowest BCUT2D eigenvalue weighted by Gasteiger charge is -2.17. The first-order chi connectivity index (χ1) is 10.2. The maximum absolute atomic E-state index is 12.0. The van der Waals surface area contributed by atoms with Crippen molar-refractivity contribution in [2.24, 2.45) is 11.8 Å². The summed E-state index contributed by atoms with van der Waals surface area (Å²) in [7, 11) is 0. The quantitative estimate of drug-likeness (QED) is 0.896. The van der Waals surface area contributed by atoms with Crippen LogP contribution in [-0.2, 0) is 0 Å². The molecule has 0 radical (unpaired) electrons. The molecule has 1 aliphatic heterocycles. The van der Waals surface area contributed by atoms with Crippen molar-refractivity contribution in [2.75, 3.05) is 30.3 Å². The lowest BCUT2D eigenvalue weighted by molar-refractivity contribution is 0.0960. The molecule has 0 bridgehead atoms. The van der Waals surface area contributed by atoms with Crippen molar-refractivity contribution in [3.8, 4) is 6.07 Å². The molecule has 2 unspecified atom stereocenters. The molecule has 5 nitrogen and oxygen atoms in total. The third-order valence-corrected chi connectivity index (χ3v) is 5.86. The minimum atomic E-state index is -0.179. The van der Waals surface area contributed by atoms with Crippen LogP contribution in [0.3, 0.4) is 0 Å². The fourth-order valence-electron chi connectivity index (χ4n) is 3.57. The van der Waals surface area contributed by atoms with Gasteiger partial charge in [0.2, 0.25) is 0 Å². The number of rotatable bonds is 3. The number of fused-ring (bicyclic) bond motifs is 1. The van der Waals surface area contributed by atoms with Crippen LogP contribution in [0.15, 0.2) is 0 Å². The standard InChI is InChI=1S/C15H20N4OS/c1-2-18-14(20)13-12(17)11(6-16)15(21-13)19-7-9-4-3-5-10(9)8-19/h9-10H,2-5,7-8,17H2,1H3,(H,18,20). The molecule has 3 rings (SSSR count). The normalized spacial score (nSPS) is 23.9. The van der Waals surface area contributed by atoms with E-state index in [2.05, 4.69) is 16.3 Å². The van der Waals surface area contributed by atoms with Gasteiger partial charge in [0.1, 0.15) is 21.5 Å². The van der Waals surface area contributed by atoms with Gasteiger partial charge in [0, 0.05) is 19.6 Å². The SMILES string of the molecule is CCNC(=O)c1sc(N2CC3CCCC3C2)c(C#N)c1N. The molecular formula is C15H20N4OS. The summed E-state index contributed by atoms with van der Waals surface area (Å²) >= 11 is 1.36. The molecule has 0 spiro atoms. The van der Waals surface area contributed by atoms with Crippen LogP contribution in [0.25, 0.3) is 0 Å². The number of hydrogen-bond donors (Lipinski definition) is 2. The Hall–Kier alpha value is -1.74. The Kier molecular flexibility index (Phi) is 3.77. The number of nitrogens with two attached hydrogens (primary N) is 1. The zero-order chi connectivity index (χ0) is 15.0. The van der Waals surface area contributed by atoms with Crippen molar-refractivity contribution in [3.63, 3.8) is 0 Å². The first-order valence-corrected chi connectivity index (χ1v) is 8.32. The Labute approximate surface area is 128 Å². The van der Waals surface area contributed by atoms with Crippen LogP contribution < -0.4 is 16.0 Å². The van der Waals surface area contributed by atoms with E-state index < -0.39 is 0 Å². The summed E-state index contributed by atoms with van der Waals surface area (Å²) in [4.78, 5) is 14.8. The molecule has 1 aromatic rings. The topological polar surface area (TPSA) is 82.2 Å². The maximum atomic E-state index is 12.0. The Morgan fingerprint density at radius 2 is 2.14 bits per heavy atom. The number of thiophene rings is 1. The van der Waals surface area contributed by atoms with E-state index in [9.17, 15) is 10.1 Å². The van der Waals surface area contributed by atoms with E-state index in [1.54, 1.807) is 0 Å². The van der Waals surface area contributed by atoms with Crippen molar-refractivity contribution in [1.82, 2.24) is 5.32 Å². The van der Waals surface area contributed by atoms with E-state index in [4.69, 9.17) is 5.73 Å². The predicted octanol–water partition coefficient (Wildman–Crippen LogP) is 2.19. The molecule has 0 aromatic carbocycles. The summed E-state index contributed by atoms with van der Waals surface area (Å²) < 4.78 is 0. The molecule has 112 valence electrons. The van der Waals surface area contributed by atoms with Gasteiger partial charge in [-0.2, -0.15) is 5.26 Å². The van der Waals surface area contributed by atoms with E-state index in [0.717, 1.165) is 29.9 Å². The van der Waals surface area contributed by atoms with E-state index >= 15 is 0 Å².